The molecule has 2 aromatic carbocycles. The number of aliphatic carboxylic acids is 1. The summed E-state index contributed by atoms with van der Waals surface area (Å²) in [5, 5.41) is 12.6. The predicted molar refractivity (Wildman–Crippen MR) is 109 cm³/mol. The van der Waals surface area contributed by atoms with E-state index in [9.17, 15) is 14.7 Å². The first-order valence-corrected chi connectivity index (χ1v) is 9.25. The van der Waals surface area contributed by atoms with Crippen molar-refractivity contribution < 1.29 is 28.9 Å². The Morgan fingerprint density at radius 1 is 1.07 bits per heavy atom. The number of amides is 1. The minimum absolute atomic E-state index is 0.260. The number of rotatable bonds is 9. The van der Waals surface area contributed by atoms with Crippen LogP contribution in [0.3, 0.4) is 0 Å². The third kappa shape index (κ3) is 6.02. The zero-order chi connectivity index (χ0) is 21.6. The Morgan fingerprint density at radius 3 is 2.24 bits per heavy atom. The van der Waals surface area contributed by atoms with Gasteiger partial charge in [0.25, 0.3) is 5.91 Å². The molecule has 0 aliphatic carbocycles. The quantitative estimate of drug-likeness (QED) is 0.641. The lowest BCUT2D eigenvalue weighted by molar-refractivity contribution is -0.137. The standard InChI is InChI=1S/C21H24ClNO6/c1-12-7-15(8-13(2)21(12)22)29-11-19(24)23-16(10-20(25)26)14-5-6-17(27-3)18(9-14)28-4/h5-9,16H,10-11H2,1-4H3,(H,23,24)(H,25,26)/t16-/m0/s1. The van der Waals surface area contributed by atoms with Crippen molar-refractivity contribution in [3.63, 3.8) is 0 Å². The maximum atomic E-state index is 12.4. The third-order valence-corrected chi connectivity index (χ3v) is 4.90. The van der Waals surface area contributed by atoms with Crippen LogP contribution in [0.5, 0.6) is 17.2 Å². The molecule has 0 heterocycles. The fraction of sp³-hybridized carbons (Fsp3) is 0.333. The fourth-order valence-electron chi connectivity index (χ4n) is 2.87. The molecule has 8 heteroatoms. The molecule has 0 spiro atoms. The molecule has 0 saturated heterocycles. The van der Waals surface area contributed by atoms with Crippen LogP contribution >= 0.6 is 11.6 Å². The summed E-state index contributed by atoms with van der Waals surface area (Å²) >= 11 is 6.13. The third-order valence-electron chi connectivity index (χ3n) is 4.30. The lowest BCUT2D eigenvalue weighted by Crippen LogP contribution is -2.33. The zero-order valence-corrected chi connectivity index (χ0v) is 17.5. The number of carbonyl (C=O) groups excluding carboxylic acids is 1. The average Bonchev–Trinajstić information content (AvgIpc) is 2.68. The number of hydrogen-bond donors (Lipinski definition) is 2. The summed E-state index contributed by atoms with van der Waals surface area (Å²) in [5.41, 5.74) is 2.27. The normalized spacial score (nSPS) is 11.5. The molecule has 1 amide bonds. The Bertz CT molecular complexity index is 876. The van der Waals surface area contributed by atoms with E-state index in [0.29, 0.717) is 27.8 Å². The molecule has 0 fully saturated rings. The number of carboxylic acid groups (broad SMARTS) is 1. The number of benzene rings is 2. The molecule has 1 atom stereocenters. The van der Waals surface area contributed by atoms with Crippen molar-refractivity contribution in [2.75, 3.05) is 20.8 Å². The Kier molecular flexibility index (Phi) is 7.73. The van der Waals surface area contributed by atoms with E-state index < -0.39 is 17.9 Å². The van der Waals surface area contributed by atoms with Gasteiger partial charge in [0.2, 0.25) is 0 Å². The number of methoxy groups -OCH3 is 2. The van der Waals surface area contributed by atoms with Crippen LogP contribution in [0.1, 0.15) is 29.2 Å². The molecule has 156 valence electrons. The van der Waals surface area contributed by atoms with Crippen LogP contribution in [0, 0.1) is 13.8 Å². The van der Waals surface area contributed by atoms with Gasteiger partial charge in [0.1, 0.15) is 5.75 Å². The summed E-state index contributed by atoms with van der Waals surface area (Å²) in [6.07, 6.45) is -0.291. The highest BCUT2D eigenvalue weighted by atomic mass is 35.5. The average molecular weight is 422 g/mol. The highest BCUT2D eigenvalue weighted by Crippen LogP contribution is 2.31. The van der Waals surface area contributed by atoms with Crippen LogP contribution in [-0.4, -0.2) is 37.8 Å². The van der Waals surface area contributed by atoms with E-state index in [2.05, 4.69) is 5.32 Å². The molecule has 29 heavy (non-hydrogen) atoms. The van der Waals surface area contributed by atoms with E-state index in [4.69, 9.17) is 25.8 Å². The summed E-state index contributed by atoms with van der Waals surface area (Å²) in [6.45, 7) is 3.44. The number of hydrogen-bond acceptors (Lipinski definition) is 5. The lowest BCUT2D eigenvalue weighted by atomic mass is 10.0. The topological polar surface area (TPSA) is 94.1 Å². The van der Waals surface area contributed by atoms with Crippen molar-refractivity contribution in [2.45, 2.75) is 26.3 Å². The van der Waals surface area contributed by atoms with Crippen LogP contribution in [0.2, 0.25) is 5.02 Å². The Morgan fingerprint density at radius 2 is 1.69 bits per heavy atom. The van der Waals surface area contributed by atoms with E-state index in [-0.39, 0.29) is 13.0 Å². The van der Waals surface area contributed by atoms with Gasteiger partial charge in [0.15, 0.2) is 18.1 Å². The number of halogens is 1. The second-order valence-corrected chi connectivity index (χ2v) is 6.87. The lowest BCUT2D eigenvalue weighted by Gasteiger charge is -2.19. The summed E-state index contributed by atoms with van der Waals surface area (Å²) in [6, 6.07) is 7.71. The Balaban J connectivity index is 2.11. The number of aryl methyl sites for hydroxylation is 2. The molecular weight excluding hydrogens is 398 g/mol. The van der Waals surface area contributed by atoms with E-state index in [1.54, 1.807) is 30.3 Å². The minimum Gasteiger partial charge on any atom is -0.493 e. The van der Waals surface area contributed by atoms with E-state index in [0.717, 1.165) is 11.1 Å². The smallest absolute Gasteiger partial charge is 0.305 e. The van der Waals surface area contributed by atoms with Gasteiger partial charge in [-0.3, -0.25) is 9.59 Å². The van der Waals surface area contributed by atoms with Crippen molar-refractivity contribution in [1.82, 2.24) is 5.32 Å². The zero-order valence-electron chi connectivity index (χ0n) is 16.7. The van der Waals surface area contributed by atoms with Crippen molar-refractivity contribution in [1.29, 1.82) is 0 Å². The van der Waals surface area contributed by atoms with Crippen LogP contribution in [-0.2, 0) is 9.59 Å². The SMILES string of the molecule is COc1ccc([C@H](CC(=O)O)NC(=O)COc2cc(C)c(Cl)c(C)c2)cc1OC. The number of carboxylic acids is 1. The van der Waals surface area contributed by atoms with Crippen molar-refractivity contribution in [3.05, 3.63) is 52.0 Å². The predicted octanol–water partition coefficient (Wildman–Crippen LogP) is 3.69. The van der Waals surface area contributed by atoms with Crippen LogP contribution in [0.15, 0.2) is 30.3 Å². The summed E-state index contributed by atoms with van der Waals surface area (Å²) < 4.78 is 16.0. The van der Waals surface area contributed by atoms with Gasteiger partial charge in [-0.25, -0.2) is 0 Å². The first-order valence-electron chi connectivity index (χ1n) is 8.87. The summed E-state index contributed by atoms with van der Waals surface area (Å²) in [7, 11) is 2.99. The Labute approximate surface area is 174 Å². The first-order chi connectivity index (χ1) is 13.7. The summed E-state index contributed by atoms with van der Waals surface area (Å²) in [4.78, 5) is 23.7. The van der Waals surface area contributed by atoms with Crippen LogP contribution < -0.4 is 19.5 Å². The van der Waals surface area contributed by atoms with Crippen molar-refractivity contribution >= 4 is 23.5 Å². The molecule has 0 aromatic heterocycles. The number of nitrogens with one attached hydrogen (secondary N) is 1. The van der Waals surface area contributed by atoms with E-state index in [1.807, 2.05) is 13.8 Å². The second-order valence-electron chi connectivity index (χ2n) is 6.49. The molecule has 2 N–H and O–H groups in total. The van der Waals surface area contributed by atoms with Gasteiger partial charge in [-0.1, -0.05) is 17.7 Å². The summed E-state index contributed by atoms with van der Waals surface area (Å²) in [5.74, 6) is -0.0295. The molecule has 7 nitrogen and oxygen atoms in total. The van der Waals surface area contributed by atoms with Gasteiger partial charge in [0, 0.05) is 5.02 Å². The van der Waals surface area contributed by atoms with E-state index >= 15 is 0 Å². The highest BCUT2D eigenvalue weighted by molar-refractivity contribution is 6.32. The molecule has 0 radical (unpaired) electrons. The molecular formula is C21H24ClNO6. The van der Waals surface area contributed by atoms with Crippen molar-refractivity contribution in [2.24, 2.45) is 0 Å². The number of carbonyl (C=O) groups is 2. The first kappa shape index (κ1) is 22.4. The second kappa shape index (κ2) is 10.0. The molecule has 0 aliphatic rings. The van der Waals surface area contributed by atoms with Gasteiger partial charge >= 0.3 is 5.97 Å². The molecule has 0 aliphatic heterocycles. The van der Waals surface area contributed by atoms with Gasteiger partial charge in [-0.15, -0.1) is 0 Å². The van der Waals surface area contributed by atoms with Gasteiger partial charge in [-0.2, -0.15) is 0 Å². The van der Waals surface area contributed by atoms with Crippen LogP contribution in [0.25, 0.3) is 0 Å². The maximum Gasteiger partial charge on any atom is 0.305 e. The molecule has 0 saturated carbocycles. The number of ether oxygens (including phenoxy) is 3. The van der Waals surface area contributed by atoms with E-state index in [1.165, 1.54) is 14.2 Å². The largest absolute Gasteiger partial charge is 0.493 e. The maximum absolute atomic E-state index is 12.4. The Hall–Kier alpha value is -2.93. The fourth-order valence-corrected chi connectivity index (χ4v) is 2.98. The molecule has 0 bridgehead atoms. The molecule has 2 aromatic rings. The van der Waals surface area contributed by atoms with Crippen molar-refractivity contribution in [3.8, 4) is 17.2 Å². The van der Waals surface area contributed by atoms with Gasteiger partial charge < -0.3 is 24.6 Å². The van der Waals surface area contributed by atoms with Crippen LogP contribution in [0.4, 0.5) is 0 Å². The highest BCUT2D eigenvalue weighted by Gasteiger charge is 2.20. The van der Waals surface area contributed by atoms with Gasteiger partial charge in [-0.05, 0) is 54.8 Å². The monoisotopic (exact) mass is 421 g/mol. The van der Waals surface area contributed by atoms with Gasteiger partial charge in [0.05, 0.1) is 26.7 Å². The minimum atomic E-state index is -1.05. The molecule has 0 unspecified atom stereocenters. The molecule has 2 rings (SSSR count).